The van der Waals surface area contributed by atoms with Crippen LogP contribution in [0.4, 0.5) is 0 Å². The van der Waals surface area contributed by atoms with E-state index >= 15 is 0 Å². The molecule has 0 aliphatic heterocycles. The minimum Gasteiger partial charge on any atom is -0.469 e. The van der Waals surface area contributed by atoms with Crippen LogP contribution >= 0.6 is 11.6 Å². The minimum atomic E-state index is 0.791. The van der Waals surface area contributed by atoms with Gasteiger partial charge in [0, 0.05) is 24.5 Å². The topological polar surface area (TPSA) is 25.2 Å². The first-order valence-electron chi connectivity index (χ1n) is 5.74. The molecule has 2 nitrogen and oxygen atoms in total. The number of benzene rings is 1. The fourth-order valence-corrected chi connectivity index (χ4v) is 1.99. The van der Waals surface area contributed by atoms with Gasteiger partial charge >= 0.3 is 0 Å². The van der Waals surface area contributed by atoms with E-state index in [-0.39, 0.29) is 0 Å². The summed E-state index contributed by atoms with van der Waals surface area (Å²) >= 11 is 6.15. The van der Waals surface area contributed by atoms with Crippen LogP contribution in [0.15, 0.2) is 41.0 Å². The number of furan rings is 1. The first-order valence-corrected chi connectivity index (χ1v) is 6.11. The van der Waals surface area contributed by atoms with Gasteiger partial charge in [0.1, 0.15) is 5.76 Å². The molecule has 90 valence electrons. The molecule has 0 aliphatic rings. The van der Waals surface area contributed by atoms with Gasteiger partial charge in [-0.15, -0.1) is 0 Å². The molecule has 1 aromatic heterocycles. The summed E-state index contributed by atoms with van der Waals surface area (Å²) in [7, 11) is 0. The summed E-state index contributed by atoms with van der Waals surface area (Å²) in [6.45, 7) is 3.72. The van der Waals surface area contributed by atoms with Gasteiger partial charge in [0.2, 0.25) is 0 Å². The summed E-state index contributed by atoms with van der Waals surface area (Å²) < 4.78 is 5.26. The van der Waals surface area contributed by atoms with Crippen molar-refractivity contribution in [1.82, 2.24) is 5.32 Å². The average molecular weight is 250 g/mol. The molecule has 3 heteroatoms. The highest BCUT2D eigenvalue weighted by molar-refractivity contribution is 6.31. The third-order valence-corrected chi connectivity index (χ3v) is 3.00. The predicted molar refractivity (Wildman–Crippen MR) is 70.3 cm³/mol. The zero-order valence-electron chi connectivity index (χ0n) is 9.87. The van der Waals surface area contributed by atoms with E-state index in [9.17, 15) is 0 Å². The van der Waals surface area contributed by atoms with Crippen molar-refractivity contribution in [3.63, 3.8) is 0 Å². The molecule has 1 heterocycles. The molecule has 0 radical (unpaired) electrons. The summed E-state index contributed by atoms with van der Waals surface area (Å²) in [6, 6.07) is 10.0. The van der Waals surface area contributed by atoms with E-state index in [0.717, 1.165) is 35.9 Å². The van der Waals surface area contributed by atoms with Crippen LogP contribution < -0.4 is 5.32 Å². The van der Waals surface area contributed by atoms with E-state index in [1.165, 1.54) is 5.56 Å². The van der Waals surface area contributed by atoms with Gasteiger partial charge in [-0.3, -0.25) is 0 Å². The van der Waals surface area contributed by atoms with E-state index < -0.39 is 0 Å². The number of hydrogen-bond donors (Lipinski definition) is 1. The smallest absolute Gasteiger partial charge is 0.105 e. The number of hydrogen-bond acceptors (Lipinski definition) is 2. The van der Waals surface area contributed by atoms with E-state index in [2.05, 4.69) is 17.4 Å². The number of halogens is 1. The molecule has 0 fully saturated rings. The van der Waals surface area contributed by atoms with Gasteiger partial charge in [-0.05, 0) is 36.2 Å². The lowest BCUT2D eigenvalue weighted by Crippen LogP contribution is -2.16. The molecule has 1 N–H and O–H groups in total. The standard InChI is InChI=1S/C14H16ClNO/c1-11-4-5-12(14(15)9-11)10-16-7-6-13-3-2-8-17-13/h2-5,8-9,16H,6-7,10H2,1H3. The second-order valence-electron chi connectivity index (χ2n) is 4.10. The Morgan fingerprint density at radius 1 is 1.29 bits per heavy atom. The van der Waals surface area contributed by atoms with Crippen molar-refractivity contribution in [2.75, 3.05) is 6.54 Å². The zero-order valence-corrected chi connectivity index (χ0v) is 10.6. The molecule has 1 aromatic carbocycles. The van der Waals surface area contributed by atoms with Crippen molar-refractivity contribution in [2.45, 2.75) is 19.9 Å². The van der Waals surface area contributed by atoms with Crippen molar-refractivity contribution in [1.29, 1.82) is 0 Å². The van der Waals surface area contributed by atoms with Gasteiger partial charge in [0.15, 0.2) is 0 Å². The minimum absolute atomic E-state index is 0.791. The number of rotatable bonds is 5. The van der Waals surface area contributed by atoms with Crippen LogP contribution in [0.2, 0.25) is 5.02 Å². The highest BCUT2D eigenvalue weighted by Gasteiger charge is 2.00. The van der Waals surface area contributed by atoms with Crippen LogP contribution in [0.25, 0.3) is 0 Å². The first-order chi connectivity index (χ1) is 8.25. The molecule has 0 bridgehead atoms. The lowest BCUT2D eigenvalue weighted by molar-refractivity contribution is 0.499. The monoisotopic (exact) mass is 249 g/mol. The largest absolute Gasteiger partial charge is 0.469 e. The van der Waals surface area contributed by atoms with Gasteiger partial charge in [-0.1, -0.05) is 23.7 Å². The van der Waals surface area contributed by atoms with E-state index in [4.69, 9.17) is 16.0 Å². The van der Waals surface area contributed by atoms with Gasteiger partial charge in [-0.25, -0.2) is 0 Å². The van der Waals surface area contributed by atoms with Crippen LogP contribution in [-0.4, -0.2) is 6.54 Å². The molecule has 17 heavy (non-hydrogen) atoms. The quantitative estimate of drug-likeness (QED) is 0.820. The Labute approximate surface area is 107 Å². The molecule has 0 saturated heterocycles. The average Bonchev–Trinajstić information content (AvgIpc) is 2.79. The van der Waals surface area contributed by atoms with Gasteiger partial charge in [-0.2, -0.15) is 0 Å². The molecule has 2 rings (SSSR count). The van der Waals surface area contributed by atoms with Crippen molar-refractivity contribution in [3.8, 4) is 0 Å². The summed E-state index contributed by atoms with van der Waals surface area (Å²) in [6.07, 6.45) is 2.60. The molecule has 0 atom stereocenters. The van der Waals surface area contributed by atoms with E-state index in [0.29, 0.717) is 0 Å². The first kappa shape index (κ1) is 12.2. The number of nitrogens with one attached hydrogen (secondary N) is 1. The fraction of sp³-hybridized carbons (Fsp3) is 0.286. The van der Waals surface area contributed by atoms with Gasteiger partial charge in [0.05, 0.1) is 6.26 Å². The van der Waals surface area contributed by atoms with Gasteiger partial charge in [0.25, 0.3) is 0 Å². The maximum absolute atomic E-state index is 6.15. The summed E-state index contributed by atoms with van der Waals surface area (Å²) in [5, 5.41) is 4.18. The lowest BCUT2D eigenvalue weighted by atomic mass is 10.1. The fourth-order valence-electron chi connectivity index (χ4n) is 1.69. The Balaban J connectivity index is 1.78. The maximum atomic E-state index is 6.15. The van der Waals surface area contributed by atoms with E-state index in [1.54, 1.807) is 6.26 Å². The molecule has 0 aliphatic carbocycles. The molecule has 0 saturated carbocycles. The molecule has 0 amide bonds. The van der Waals surface area contributed by atoms with Crippen LogP contribution in [-0.2, 0) is 13.0 Å². The Morgan fingerprint density at radius 3 is 2.88 bits per heavy atom. The maximum Gasteiger partial charge on any atom is 0.105 e. The summed E-state index contributed by atoms with van der Waals surface area (Å²) in [5.74, 6) is 1.01. The van der Waals surface area contributed by atoms with Gasteiger partial charge < -0.3 is 9.73 Å². The molecule has 0 spiro atoms. The summed E-state index contributed by atoms with van der Waals surface area (Å²) in [4.78, 5) is 0. The molecule has 0 unspecified atom stereocenters. The second-order valence-corrected chi connectivity index (χ2v) is 4.51. The normalized spacial score (nSPS) is 10.7. The Morgan fingerprint density at radius 2 is 2.18 bits per heavy atom. The molecule has 2 aromatic rings. The van der Waals surface area contributed by atoms with Crippen molar-refractivity contribution >= 4 is 11.6 Å². The Kier molecular flexibility index (Phi) is 4.24. The van der Waals surface area contributed by atoms with Crippen LogP contribution in [0.3, 0.4) is 0 Å². The highest BCUT2D eigenvalue weighted by atomic mass is 35.5. The zero-order chi connectivity index (χ0) is 12.1. The third kappa shape index (κ3) is 3.62. The van der Waals surface area contributed by atoms with Crippen LogP contribution in [0.1, 0.15) is 16.9 Å². The van der Waals surface area contributed by atoms with Crippen LogP contribution in [0, 0.1) is 6.92 Å². The Hall–Kier alpha value is -1.25. The molecular formula is C14H16ClNO. The third-order valence-electron chi connectivity index (χ3n) is 2.65. The van der Waals surface area contributed by atoms with Crippen molar-refractivity contribution in [3.05, 3.63) is 58.5 Å². The second kappa shape index (κ2) is 5.89. The van der Waals surface area contributed by atoms with E-state index in [1.807, 2.05) is 25.1 Å². The number of aryl methyl sites for hydroxylation is 1. The highest BCUT2D eigenvalue weighted by Crippen LogP contribution is 2.17. The van der Waals surface area contributed by atoms with Crippen LogP contribution in [0.5, 0.6) is 0 Å². The van der Waals surface area contributed by atoms with Crippen molar-refractivity contribution < 1.29 is 4.42 Å². The summed E-state index contributed by atoms with van der Waals surface area (Å²) in [5.41, 5.74) is 2.33. The lowest BCUT2D eigenvalue weighted by Gasteiger charge is -2.06. The predicted octanol–water partition coefficient (Wildman–Crippen LogP) is 3.57. The van der Waals surface area contributed by atoms with Crippen molar-refractivity contribution in [2.24, 2.45) is 0 Å². The SMILES string of the molecule is Cc1ccc(CNCCc2ccco2)c(Cl)c1. The molecular weight excluding hydrogens is 234 g/mol. The Bertz CT molecular complexity index is 465.